The number of piperidine rings is 2. The minimum atomic E-state index is -0.235. The summed E-state index contributed by atoms with van der Waals surface area (Å²) in [6.07, 6.45) is 8.38. The molecule has 0 N–H and O–H groups in total. The van der Waals surface area contributed by atoms with Gasteiger partial charge in [-0.25, -0.2) is 9.37 Å². The first-order valence-corrected chi connectivity index (χ1v) is 11.1. The first-order valence-electron chi connectivity index (χ1n) is 10.3. The average molecular weight is 397 g/mol. The number of hydrogen-bond donors (Lipinski definition) is 0. The van der Waals surface area contributed by atoms with Gasteiger partial charge in [-0.15, -0.1) is 0 Å². The zero-order valence-electron chi connectivity index (χ0n) is 16.0. The van der Waals surface area contributed by atoms with Gasteiger partial charge in [0, 0.05) is 24.7 Å². The van der Waals surface area contributed by atoms with Crippen molar-refractivity contribution < 1.29 is 4.39 Å². The smallest absolute Gasteiger partial charge is 0.186 e. The molecule has 0 radical (unpaired) electrons. The minimum Gasteiger partial charge on any atom is -0.348 e. The number of rotatable bonds is 3. The molecule has 0 atom stereocenters. The van der Waals surface area contributed by atoms with Gasteiger partial charge in [0.1, 0.15) is 11.3 Å². The number of hydrogen-bond acceptors (Lipinski definition) is 5. The predicted octanol–water partition coefficient (Wildman–Crippen LogP) is 4.95. The van der Waals surface area contributed by atoms with E-state index in [1.807, 2.05) is 18.3 Å². The van der Waals surface area contributed by atoms with Crippen LogP contribution in [0.15, 0.2) is 36.5 Å². The normalized spacial score (nSPS) is 19.4. The highest BCUT2D eigenvalue weighted by molar-refractivity contribution is 7.22. The third-order valence-corrected chi connectivity index (χ3v) is 7.10. The van der Waals surface area contributed by atoms with Crippen molar-refractivity contribution in [3.8, 4) is 11.3 Å². The van der Waals surface area contributed by atoms with Crippen LogP contribution in [0.5, 0.6) is 0 Å². The summed E-state index contributed by atoms with van der Waals surface area (Å²) >= 11 is 1.72. The molecule has 0 saturated carbocycles. The van der Waals surface area contributed by atoms with Crippen molar-refractivity contribution in [1.29, 1.82) is 0 Å². The summed E-state index contributed by atoms with van der Waals surface area (Å²) in [6, 6.07) is 9.38. The number of fused-ring (bicyclic) bond motifs is 1. The summed E-state index contributed by atoms with van der Waals surface area (Å²) in [5.74, 6) is -0.235. The number of pyridine rings is 1. The van der Waals surface area contributed by atoms with Gasteiger partial charge < -0.3 is 9.80 Å². The lowest BCUT2D eigenvalue weighted by molar-refractivity contribution is 0.141. The Labute approximate surface area is 169 Å². The quantitative estimate of drug-likeness (QED) is 0.627. The highest BCUT2D eigenvalue weighted by Crippen LogP contribution is 2.33. The molecule has 4 heterocycles. The Morgan fingerprint density at radius 1 is 1.00 bits per heavy atom. The van der Waals surface area contributed by atoms with E-state index in [0.717, 1.165) is 45.7 Å². The van der Waals surface area contributed by atoms with Crippen molar-refractivity contribution in [3.05, 3.63) is 42.3 Å². The average Bonchev–Trinajstić information content (AvgIpc) is 3.18. The second-order valence-corrected chi connectivity index (χ2v) is 8.87. The Morgan fingerprint density at radius 3 is 2.61 bits per heavy atom. The molecule has 2 aliphatic rings. The fourth-order valence-electron chi connectivity index (χ4n) is 4.47. The van der Waals surface area contributed by atoms with Gasteiger partial charge in [0.2, 0.25) is 0 Å². The Bertz CT molecular complexity index is 958. The molecule has 2 saturated heterocycles. The molecule has 4 nitrogen and oxygen atoms in total. The van der Waals surface area contributed by atoms with Crippen LogP contribution in [0, 0.1) is 5.82 Å². The van der Waals surface area contributed by atoms with E-state index in [4.69, 9.17) is 4.98 Å². The maximum atomic E-state index is 13.5. The van der Waals surface area contributed by atoms with Gasteiger partial charge in [0.05, 0.1) is 16.6 Å². The molecule has 0 bridgehead atoms. The summed E-state index contributed by atoms with van der Waals surface area (Å²) in [6.45, 7) is 4.71. The molecule has 0 spiro atoms. The van der Waals surface area contributed by atoms with Gasteiger partial charge in [-0.3, -0.25) is 4.98 Å². The van der Waals surface area contributed by atoms with Crippen LogP contribution < -0.4 is 4.90 Å². The molecular weight excluding hydrogens is 371 g/mol. The molecule has 146 valence electrons. The van der Waals surface area contributed by atoms with Crippen molar-refractivity contribution in [3.63, 3.8) is 0 Å². The van der Waals surface area contributed by atoms with Crippen LogP contribution in [0.1, 0.15) is 32.1 Å². The molecule has 2 aliphatic heterocycles. The van der Waals surface area contributed by atoms with Crippen molar-refractivity contribution >= 4 is 26.7 Å². The number of thiazole rings is 1. The number of nitrogens with zero attached hydrogens (tertiary/aromatic N) is 4. The lowest BCUT2D eigenvalue weighted by Gasteiger charge is -2.40. The molecule has 5 rings (SSSR count). The lowest BCUT2D eigenvalue weighted by Crippen LogP contribution is -2.46. The van der Waals surface area contributed by atoms with Gasteiger partial charge in [-0.05, 0) is 57.0 Å². The van der Waals surface area contributed by atoms with Crippen LogP contribution in [0.2, 0.25) is 0 Å². The number of benzene rings is 1. The summed E-state index contributed by atoms with van der Waals surface area (Å²) in [5.41, 5.74) is 2.53. The van der Waals surface area contributed by atoms with Crippen LogP contribution in [0.25, 0.3) is 21.5 Å². The van der Waals surface area contributed by atoms with Crippen LogP contribution in [-0.2, 0) is 0 Å². The topological polar surface area (TPSA) is 32.3 Å². The second-order valence-electron chi connectivity index (χ2n) is 7.86. The number of anilines is 1. The SMILES string of the molecule is Fc1cccc(-c2cc3sc(N4CCC(N5CCCCC5)CC4)nc3cn2)c1. The Hall–Kier alpha value is -2.05. The van der Waals surface area contributed by atoms with Crippen molar-refractivity contribution in [1.82, 2.24) is 14.9 Å². The number of aromatic nitrogens is 2. The zero-order chi connectivity index (χ0) is 18.9. The maximum absolute atomic E-state index is 13.5. The Balaban J connectivity index is 1.31. The van der Waals surface area contributed by atoms with E-state index in [1.165, 1.54) is 57.3 Å². The van der Waals surface area contributed by atoms with E-state index < -0.39 is 0 Å². The van der Waals surface area contributed by atoms with Crippen LogP contribution in [0.3, 0.4) is 0 Å². The Kier molecular flexibility index (Phi) is 4.99. The van der Waals surface area contributed by atoms with Gasteiger partial charge in [0.15, 0.2) is 5.13 Å². The summed E-state index contributed by atoms with van der Waals surface area (Å²) in [5, 5.41) is 1.09. The monoisotopic (exact) mass is 396 g/mol. The molecule has 0 aliphatic carbocycles. The van der Waals surface area contributed by atoms with Crippen LogP contribution in [0.4, 0.5) is 9.52 Å². The molecule has 0 amide bonds. The number of halogens is 1. The van der Waals surface area contributed by atoms with Gasteiger partial charge in [0.25, 0.3) is 0 Å². The third kappa shape index (κ3) is 3.63. The molecule has 6 heteroatoms. The molecule has 0 unspecified atom stereocenters. The first kappa shape index (κ1) is 18.0. The van der Waals surface area contributed by atoms with E-state index in [9.17, 15) is 4.39 Å². The minimum absolute atomic E-state index is 0.235. The fourth-order valence-corrected chi connectivity index (χ4v) is 5.49. The fraction of sp³-hybridized carbons (Fsp3) is 0.455. The molecule has 1 aromatic carbocycles. The van der Waals surface area contributed by atoms with Crippen molar-refractivity contribution in [2.45, 2.75) is 38.1 Å². The van der Waals surface area contributed by atoms with Gasteiger partial charge in [-0.2, -0.15) is 0 Å². The summed E-state index contributed by atoms with van der Waals surface area (Å²) in [4.78, 5) is 14.4. The predicted molar refractivity (Wildman–Crippen MR) is 113 cm³/mol. The van der Waals surface area contributed by atoms with E-state index in [1.54, 1.807) is 17.4 Å². The Morgan fingerprint density at radius 2 is 1.82 bits per heavy atom. The highest BCUT2D eigenvalue weighted by Gasteiger charge is 2.26. The van der Waals surface area contributed by atoms with E-state index >= 15 is 0 Å². The van der Waals surface area contributed by atoms with Crippen molar-refractivity contribution in [2.75, 3.05) is 31.1 Å². The highest BCUT2D eigenvalue weighted by atomic mass is 32.1. The lowest BCUT2D eigenvalue weighted by atomic mass is 10.0. The van der Waals surface area contributed by atoms with Gasteiger partial charge >= 0.3 is 0 Å². The van der Waals surface area contributed by atoms with E-state index in [0.29, 0.717) is 0 Å². The van der Waals surface area contributed by atoms with E-state index in [-0.39, 0.29) is 5.82 Å². The third-order valence-electron chi connectivity index (χ3n) is 6.03. The van der Waals surface area contributed by atoms with Gasteiger partial charge in [-0.1, -0.05) is 29.9 Å². The number of likely N-dealkylation sites (tertiary alicyclic amines) is 1. The van der Waals surface area contributed by atoms with Crippen LogP contribution >= 0.6 is 11.3 Å². The van der Waals surface area contributed by atoms with Crippen molar-refractivity contribution in [2.24, 2.45) is 0 Å². The largest absolute Gasteiger partial charge is 0.348 e. The first-order chi connectivity index (χ1) is 13.8. The molecule has 3 aromatic rings. The molecular formula is C22H25FN4S. The van der Waals surface area contributed by atoms with Crippen LogP contribution in [-0.4, -0.2) is 47.1 Å². The van der Waals surface area contributed by atoms with E-state index in [2.05, 4.69) is 14.8 Å². The molecule has 2 fully saturated rings. The standard InChI is InChI=1S/C22H25FN4S/c23-17-6-4-5-16(13-17)19-14-21-20(15-24-19)25-22(28-21)27-11-7-18(8-12-27)26-9-2-1-3-10-26/h4-6,13-15,18H,1-3,7-12H2. The summed E-state index contributed by atoms with van der Waals surface area (Å²) in [7, 11) is 0. The maximum Gasteiger partial charge on any atom is 0.186 e. The second kappa shape index (κ2) is 7.76. The molecule has 28 heavy (non-hydrogen) atoms. The zero-order valence-corrected chi connectivity index (χ0v) is 16.8. The molecule has 2 aromatic heterocycles. The summed E-state index contributed by atoms with van der Waals surface area (Å²) < 4.78 is 14.6.